The van der Waals surface area contributed by atoms with Gasteiger partial charge in [-0.15, -0.1) is 37.7 Å². The van der Waals surface area contributed by atoms with E-state index >= 15 is 0 Å². The van der Waals surface area contributed by atoms with E-state index in [2.05, 4.69) is 112 Å². The summed E-state index contributed by atoms with van der Waals surface area (Å²) in [6.45, 7) is 8.63. The second-order valence-electron chi connectivity index (χ2n) is 7.58. The van der Waals surface area contributed by atoms with Crippen LogP contribution < -0.4 is 0 Å². The molecule has 0 N–H and O–H groups in total. The van der Waals surface area contributed by atoms with Crippen molar-refractivity contribution in [1.29, 1.82) is 0 Å². The first-order valence-corrected chi connectivity index (χ1v) is 12.8. The van der Waals surface area contributed by atoms with Gasteiger partial charge in [0.15, 0.2) is 0 Å². The van der Waals surface area contributed by atoms with Crippen molar-refractivity contribution in [2.75, 3.05) is 0 Å². The molecule has 4 heteroatoms. The summed E-state index contributed by atoms with van der Waals surface area (Å²) in [6, 6.07) is 21.2. The molecule has 1 radical (unpaired) electrons. The van der Waals surface area contributed by atoms with Gasteiger partial charge in [-0.2, -0.15) is 11.1 Å². The summed E-state index contributed by atoms with van der Waals surface area (Å²) in [5, 5.41) is 0. The van der Waals surface area contributed by atoms with Crippen LogP contribution in [0, 0.1) is 12.2 Å². The summed E-state index contributed by atoms with van der Waals surface area (Å²) in [5.41, 5.74) is 8.31. The molecule has 32 heavy (non-hydrogen) atoms. The second kappa shape index (κ2) is 19.5. The van der Waals surface area contributed by atoms with E-state index in [1.807, 2.05) is 0 Å². The van der Waals surface area contributed by atoms with E-state index in [-0.39, 0.29) is 51.0 Å². The minimum absolute atomic E-state index is 0. The first-order valence-electron chi connectivity index (χ1n) is 10.5. The van der Waals surface area contributed by atoms with E-state index in [4.69, 9.17) is 0 Å². The van der Waals surface area contributed by atoms with Crippen LogP contribution in [0.25, 0.3) is 0 Å². The largest absolute Gasteiger partial charge is 2.00 e. The number of hydrogen-bond donors (Lipinski definition) is 0. The zero-order valence-electron chi connectivity index (χ0n) is 19.7. The Kier molecular flexibility index (Phi) is 20.3. The predicted octanol–water partition coefficient (Wildman–Crippen LogP) is 7.98. The molecule has 169 valence electrons. The molecule has 2 aliphatic rings. The summed E-state index contributed by atoms with van der Waals surface area (Å²) < 4.78 is 0. The molecule has 0 amide bonds. The standard InChI is InChI=1S/2C13H13.C2H7Si.2ClH.Zr/c2*1-11-7-8-13(9-11)10-12-5-3-2-4-6-12;1-3-2;;;/h2*2-6,9H,8,10H2,1H3;3H,1-2H3;2*1H;/q2*-1;;;;+2. The Bertz CT molecular complexity index is 795. The molecule has 0 heterocycles. The molecule has 4 rings (SSSR count). The zero-order chi connectivity index (χ0) is 20.9. The van der Waals surface area contributed by atoms with Gasteiger partial charge in [0, 0.05) is 9.52 Å². The summed E-state index contributed by atoms with van der Waals surface area (Å²) >= 11 is 0. The Hall–Kier alpha value is -0.920. The van der Waals surface area contributed by atoms with Crippen molar-refractivity contribution in [1.82, 2.24) is 0 Å². The van der Waals surface area contributed by atoms with Crippen molar-refractivity contribution in [3.63, 3.8) is 0 Å². The van der Waals surface area contributed by atoms with Gasteiger partial charge in [0.2, 0.25) is 0 Å². The SMILES string of the molecule is CC1=[C-]CC(Cc2ccccc2)=C1.CC1=[C-]CC(Cc2ccccc2)=C1.C[SiH]C.Cl.Cl.[Zr+2]. The molecule has 0 unspecified atom stereocenters. The molecule has 0 atom stereocenters. The normalized spacial score (nSPS) is 13.1. The quantitative estimate of drug-likeness (QED) is 0.262. The zero-order valence-corrected chi connectivity index (χ0v) is 24.9. The van der Waals surface area contributed by atoms with E-state index in [0.717, 1.165) is 35.2 Å². The predicted molar refractivity (Wildman–Crippen MR) is 144 cm³/mol. The van der Waals surface area contributed by atoms with Gasteiger partial charge < -0.3 is 0 Å². The van der Waals surface area contributed by atoms with Crippen molar-refractivity contribution >= 4 is 34.3 Å². The van der Waals surface area contributed by atoms with Crippen molar-refractivity contribution < 1.29 is 26.2 Å². The second-order valence-corrected chi connectivity index (χ2v) is 8.74. The smallest absolute Gasteiger partial charge is 0.269 e. The number of rotatable bonds is 4. The minimum atomic E-state index is 0. The van der Waals surface area contributed by atoms with Gasteiger partial charge in [0.05, 0.1) is 0 Å². The van der Waals surface area contributed by atoms with Gasteiger partial charge in [0.25, 0.3) is 0 Å². The molecular formula is C28H35Cl2SiZr. The van der Waals surface area contributed by atoms with E-state index in [9.17, 15) is 0 Å². The third-order valence-corrected chi connectivity index (χ3v) is 4.58. The van der Waals surface area contributed by atoms with Gasteiger partial charge >= 0.3 is 26.2 Å². The minimum Gasteiger partial charge on any atom is -0.269 e. The van der Waals surface area contributed by atoms with Crippen molar-refractivity contribution in [3.05, 3.63) is 118 Å². The molecule has 0 saturated heterocycles. The fraction of sp³-hybridized carbons (Fsp3) is 0.286. The molecule has 0 aliphatic heterocycles. The van der Waals surface area contributed by atoms with E-state index in [1.165, 1.54) is 33.4 Å². The van der Waals surface area contributed by atoms with Crippen molar-refractivity contribution in [3.8, 4) is 0 Å². The molecule has 2 aliphatic carbocycles. The van der Waals surface area contributed by atoms with Crippen LogP contribution in [-0.4, -0.2) is 9.52 Å². The van der Waals surface area contributed by atoms with Crippen LogP contribution in [0.4, 0.5) is 0 Å². The monoisotopic (exact) mass is 559 g/mol. The van der Waals surface area contributed by atoms with Crippen LogP contribution in [0.15, 0.2) is 95.1 Å². The maximum atomic E-state index is 3.31. The van der Waals surface area contributed by atoms with E-state index < -0.39 is 0 Å². The summed E-state index contributed by atoms with van der Waals surface area (Å²) in [5.74, 6) is 0. The number of benzene rings is 2. The molecule has 0 saturated carbocycles. The van der Waals surface area contributed by atoms with Crippen molar-refractivity contribution in [2.45, 2.75) is 52.6 Å². The van der Waals surface area contributed by atoms with E-state index in [0.29, 0.717) is 0 Å². The van der Waals surface area contributed by atoms with Gasteiger partial charge in [0.1, 0.15) is 0 Å². The average Bonchev–Trinajstić information content (AvgIpc) is 3.32. The topological polar surface area (TPSA) is 0 Å². The Labute approximate surface area is 230 Å². The fourth-order valence-electron chi connectivity index (χ4n) is 3.27. The number of allylic oxidation sites excluding steroid dienone is 8. The van der Waals surface area contributed by atoms with Gasteiger partial charge in [-0.3, -0.25) is 12.2 Å². The van der Waals surface area contributed by atoms with Gasteiger partial charge in [-0.05, 0) is 24.0 Å². The van der Waals surface area contributed by atoms with Crippen LogP contribution in [0.5, 0.6) is 0 Å². The molecular weight excluding hydrogens is 527 g/mol. The van der Waals surface area contributed by atoms with Crippen LogP contribution >= 0.6 is 24.8 Å². The number of halogens is 2. The Morgan fingerprint density at radius 3 is 1.22 bits per heavy atom. The van der Waals surface area contributed by atoms with Crippen molar-refractivity contribution in [2.24, 2.45) is 0 Å². The van der Waals surface area contributed by atoms with E-state index in [1.54, 1.807) is 0 Å². The third kappa shape index (κ3) is 13.6. The van der Waals surface area contributed by atoms with Crippen LogP contribution in [0.1, 0.15) is 37.8 Å². The fourth-order valence-corrected chi connectivity index (χ4v) is 3.27. The summed E-state index contributed by atoms with van der Waals surface area (Å²) in [7, 11) is 0.750. The molecule has 0 nitrogen and oxygen atoms in total. The summed E-state index contributed by atoms with van der Waals surface area (Å²) in [6.07, 6.45) is 15.3. The maximum Gasteiger partial charge on any atom is 2.00 e. The third-order valence-electron chi connectivity index (χ3n) is 4.58. The Balaban J connectivity index is 0. The number of hydrogen-bond acceptors (Lipinski definition) is 0. The Morgan fingerprint density at radius 2 is 0.969 bits per heavy atom. The maximum absolute atomic E-state index is 3.31. The molecule has 2 aromatic rings. The van der Waals surface area contributed by atoms with Gasteiger partial charge in [-0.1, -0.05) is 87.6 Å². The Morgan fingerprint density at radius 1 is 0.656 bits per heavy atom. The van der Waals surface area contributed by atoms with Crippen LogP contribution in [-0.2, 0) is 39.0 Å². The molecule has 2 aromatic carbocycles. The summed E-state index contributed by atoms with van der Waals surface area (Å²) in [4.78, 5) is 0. The molecule has 0 spiro atoms. The molecule has 0 bridgehead atoms. The molecule has 0 fully saturated rings. The average molecular weight is 562 g/mol. The van der Waals surface area contributed by atoms with Crippen LogP contribution in [0.3, 0.4) is 0 Å². The molecule has 0 aromatic heterocycles. The first kappa shape index (κ1) is 33.3. The van der Waals surface area contributed by atoms with Gasteiger partial charge in [-0.25, -0.2) is 23.3 Å². The van der Waals surface area contributed by atoms with Crippen LogP contribution in [0.2, 0.25) is 13.1 Å². The first-order chi connectivity index (χ1) is 14.1.